The number of rotatable bonds is 4. The van der Waals surface area contributed by atoms with Gasteiger partial charge in [-0.15, -0.1) is 0 Å². The van der Waals surface area contributed by atoms with Crippen LogP contribution in [0.4, 0.5) is 0 Å². The summed E-state index contributed by atoms with van der Waals surface area (Å²) < 4.78 is 5.67. The average Bonchev–Trinajstić information content (AvgIpc) is 2.00. The van der Waals surface area contributed by atoms with Crippen LogP contribution in [-0.2, 0) is 9.53 Å². The van der Waals surface area contributed by atoms with Gasteiger partial charge in [0, 0.05) is 5.57 Å². The number of hydrogen-bond donors (Lipinski definition) is 0. The molecule has 0 aromatic heterocycles. The quantitative estimate of drug-likeness (QED) is 0.254. The van der Waals surface area contributed by atoms with Crippen molar-refractivity contribution < 1.29 is 31.0 Å². The highest BCUT2D eigenvalue weighted by atomic mass is 79.9. The van der Waals surface area contributed by atoms with Crippen molar-refractivity contribution in [3.05, 3.63) is 12.2 Å². The molecule has 0 bridgehead atoms. The minimum Gasteiger partial charge on any atom is -1.00 e. The maximum absolute atomic E-state index is 11.0. The van der Waals surface area contributed by atoms with Gasteiger partial charge in [-0.2, -0.15) is 0 Å². The first-order chi connectivity index (χ1) is 5.39. The summed E-state index contributed by atoms with van der Waals surface area (Å²) in [4.78, 5) is 11.0. The molecule has 0 aliphatic carbocycles. The SMILES string of the molecule is C=C(C)C(=O)OC[N+](C)(C)CC.[Br-]. The van der Waals surface area contributed by atoms with Crippen LogP contribution in [0.25, 0.3) is 0 Å². The largest absolute Gasteiger partial charge is 1.00 e. The fourth-order valence-corrected chi connectivity index (χ4v) is 0.448. The van der Waals surface area contributed by atoms with Gasteiger partial charge in [-0.1, -0.05) is 6.58 Å². The predicted octanol–water partition coefficient (Wildman–Crippen LogP) is -1.84. The second-order valence-corrected chi connectivity index (χ2v) is 3.59. The van der Waals surface area contributed by atoms with Crippen molar-refractivity contribution in [2.24, 2.45) is 0 Å². The van der Waals surface area contributed by atoms with Gasteiger partial charge in [-0.25, -0.2) is 4.79 Å². The van der Waals surface area contributed by atoms with Gasteiger partial charge in [-0.05, 0) is 13.8 Å². The highest BCUT2D eigenvalue weighted by Crippen LogP contribution is 1.99. The molecule has 13 heavy (non-hydrogen) atoms. The number of quaternary nitrogens is 1. The third kappa shape index (κ3) is 6.78. The number of halogens is 1. The van der Waals surface area contributed by atoms with Crippen LogP contribution in [0.5, 0.6) is 0 Å². The molecule has 0 aliphatic heterocycles. The maximum Gasteiger partial charge on any atom is 0.337 e. The van der Waals surface area contributed by atoms with Crippen LogP contribution >= 0.6 is 0 Å². The van der Waals surface area contributed by atoms with Crippen LogP contribution in [0.3, 0.4) is 0 Å². The lowest BCUT2D eigenvalue weighted by molar-refractivity contribution is -0.905. The first-order valence-electron chi connectivity index (χ1n) is 4.03. The van der Waals surface area contributed by atoms with E-state index in [0.29, 0.717) is 16.8 Å². The Morgan fingerprint density at radius 3 is 2.23 bits per heavy atom. The topological polar surface area (TPSA) is 26.3 Å². The van der Waals surface area contributed by atoms with Crippen molar-refractivity contribution in [3.63, 3.8) is 0 Å². The fourth-order valence-electron chi connectivity index (χ4n) is 0.448. The van der Waals surface area contributed by atoms with Gasteiger partial charge in [0.05, 0.1) is 20.6 Å². The zero-order valence-electron chi connectivity index (χ0n) is 8.76. The third-order valence-electron chi connectivity index (χ3n) is 1.75. The molecule has 0 N–H and O–H groups in total. The highest BCUT2D eigenvalue weighted by molar-refractivity contribution is 5.86. The number of nitrogens with zero attached hydrogens (tertiary/aromatic N) is 1. The Balaban J connectivity index is 0. The Bertz CT molecular complexity index is 190. The molecule has 4 heteroatoms. The van der Waals surface area contributed by atoms with E-state index < -0.39 is 0 Å². The van der Waals surface area contributed by atoms with Gasteiger partial charge in [0.1, 0.15) is 0 Å². The van der Waals surface area contributed by atoms with Crippen LogP contribution in [0, 0.1) is 0 Å². The normalized spacial score (nSPS) is 10.2. The van der Waals surface area contributed by atoms with Gasteiger partial charge in [0.25, 0.3) is 0 Å². The van der Waals surface area contributed by atoms with Crippen molar-refractivity contribution in [3.8, 4) is 0 Å². The monoisotopic (exact) mass is 251 g/mol. The Morgan fingerprint density at radius 1 is 1.46 bits per heavy atom. The van der Waals surface area contributed by atoms with Gasteiger partial charge in [0.15, 0.2) is 0 Å². The van der Waals surface area contributed by atoms with E-state index >= 15 is 0 Å². The van der Waals surface area contributed by atoms with Crippen molar-refractivity contribution in [2.45, 2.75) is 13.8 Å². The lowest BCUT2D eigenvalue weighted by Crippen LogP contribution is -3.00. The molecule has 0 unspecified atom stereocenters. The van der Waals surface area contributed by atoms with Gasteiger partial charge in [-0.3, -0.25) is 4.48 Å². The summed E-state index contributed by atoms with van der Waals surface area (Å²) in [5.74, 6) is -0.311. The number of esters is 1. The van der Waals surface area contributed by atoms with Crippen LogP contribution in [0.1, 0.15) is 13.8 Å². The summed E-state index contributed by atoms with van der Waals surface area (Å²) in [5.41, 5.74) is 0.450. The Morgan fingerprint density at radius 2 is 1.92 bits per heavy atom. The van der Waals surface area contributed by atoms with Gasteiger partial charge >= 0.3 is 5.97 Å². The zero-order chi connectivity index (χ0) is 9.78. The molecular weight excluding hydrogens is 234 g/mol. The molecule has 0 fully saturated rings. The summed E-state index contributed by atoms with van der Waals surface area (Å²) in [5, 5.41) is 0. The van der Waals surface area contributed by atoms with Crippen LogP contribution < -0.4 is 17.0 Å². The lowest BCUT2D eigenvalue weighted by atomic mass is 10.4. The van der Waals surface area contributed by atoms with E-state index in [1.165, 1.54) is 0 Å². The van der Waals surface area contributed by atoms with Crippen molar-refractivity contribution >= 4 is 5.97 Å². The number of carbonyl (C=O) groups is 1. The van der Waals surface area contributed by atoms with Crippen LogP contribution in [-0.4, -0.2) is 37.8 Å². The summed E-state index contributed by atoms with van der Waals surface area (Å²) in [6.07, 6.45) is 0. The summed E-state index contributed by atoms with van der Waals surface area (Å²) in [6.45, 7) is 8.54. The Hall–Kier alpha value is -0.350. The maximum atomic E-state index is 11.0. The number of hydrogen-bond acceptors (Lipinski definition) is 2. The molecule has 0 aromatic carbocycles. The third-order valence-corrected chi connectivity index (χ3v) is 1.75. The predicted molar refractivity (Wildman–Crippen MR) is 48.4 cm³/mol. The molecule has 0 saturated carbocycles. The summed E-state index contributed by atoms with van der Waals surface area (Å²) >= 11 is 0. The standard InChI is InChI=1S/C9H18NO2.BrH/c1-6-10(4,5)7-12-9(11)8(2)3;/h2,6-7H2,1,3-5H3;1H/q+1;/p-1. The van der Waals surface area contributed by atoms with E-state index in [-0.39, 0.29) is 23.0 Å². The molecule has 0 heterocycles. The fraction of sp³-hybridized carbons (Fsp3) is 0.667. The van der Waals surface area contributed by atoms with Gasteiger partial charge < -0.3 is 21.7 Å². The Kier molecular flexibility index (Phi) is 7.17. The molecule has 0 rings (SSSR count). The van der Waals surface area contributed by atoms with E-state index in [4.69, 9.17) is 4.74 Å². The van der Waals surface area contributed by atoms with E-state index in [2.05, 4.69) is 13.5 Å². The minimum absolute atomic E-state index is 0. The molecular formula is C9H18BrNO2. The summed E-state index contributed by atoms with van der Waals surface area (Å²) in [6, 6.07) is 0. The van der Waals surface area contributed by atoms with E-state index in [1.54, 1.807) is 6.92 Å². The van der Waals surface area contributed by atoms with E-state index in [9.17, 15) is 4.79 Å². The molecule has 3 nitrogen and oxygen atoms in total. The molecule has 0 aliphatic rings. The van der Waals surface area contributed by atoms with Crippen LogP contribution in [0.2, 0.25) is 0 Å². The van der Waals surface area contributed by atoms with Crippen molar-refractivity contribution in [1.29, 1.82) is 0 Å². The molecule has 0 saturated heterocycles. The van der Waals surface area contributed by atoms with Gasteiger partial charge in [0.2, 0.25) is 6.73 Å². The van der Waals surface area contributed by atoms with E-state index in [1.807, 2.05) is 14.1 Å². The Labute approximate surface area is 90.7 Å². The first kappa shape index (κ1) is 15.1. The molecule has 0 aromatic rings. The number of carbonyl (C=O) groups excluding carboxylic acids is 1. The second kappa shape index (κ2) is 6.16. The first-order valence-corrected chi connectivity index (χ1v) is 4.03. The molecule has 0 atom stereocenters. The highest BCUT2D eigenvalue weighted by Gasteiger charge is 2.14. The number of ether oxygens (including phenoxy) is 1. The minimum atomic E-state index is -0.311. The molecule has 78 valence electrons. The zero-order valence-corrected chi connectivity index (χ0v) is 10.3. The molecule has 0 radical (unpaired) electrons. The average molecular weight is 252 g/mol. The van der Waals surface area contributed by atoms with Crippen LogP contribution in [0.15, 0.2) is 12.2 Å². The summed E-state index contributed by atoms with van der Waals surface area (Å²) in [7, 11) is 4.01. The molecule has 0 amide bonds. The van der Waals surface area contributed by atoms with Crippen molar-refractivity contribution in [1.82, 2.24) is 0 Å². The molecule has 0 spiro atoms. The second-order valence-electron chi connectivity index (χ2n) is 3.59. The van der Waals surface area contributed by atoms with E-state index in [0.717, 1.165) is 6.54 Å². The lowest BCUT2D eigenvalue weighted by Gasteiger charge is -2.26. The van der Waals surface area contributed by atoms with Crippen molar-refractivity contribution in [2.75, 3.05) is 27.4 Å². The smallest absolute Gasteiger partial charge is 0.337 e.